The molecule has 0 radical (unpaired) electrons. The lowest BCUT2D eigenvalue weighted by Crippen LogP contribution is -2.29. The number of nitrogens with zero attached hydrogens (tertiary/aromatic N) is 1. The van der Waals surface area contributed by atoms with Crippen LogP contribution in [0.15, 0.2) is 91.0 Å². The van der Waals surface area contributed by atoms with Gasteiger partial charge in [-0.25, -0.2) is 4.90 Å². The Morgan fingerprint density at radius 1 is 0.543 bits per heavy atom. The first-order chi connectivity index (χ1) is 17.1. The monoisotopic (exact) mass is 463 g/mol. The number of benzene rings is 4. The highest BCUT2D eigenvalue weighted by Crippen LogP contribution is 2.33. The molecule has 35 heavy (non-hydrogen) atoms. The van der Waals surface area contributed by atoms with E-state index in [2.05, 4.69) is 0 Å². The van der Waals surface area contributed by atoms with Crippen LogP contribution in [0.5, 0.6) is 23.0 Å². The van der Waals surface area contributed by atoms with Gasteiger partial charge < -0.3 is 9.47 Å². The standard InChI is InChI=1S/C28H17NO6/c30-16-18-6-9-23(14-19(18)17-31)35-24-12-13-25-26(15-24)28(33)29(27(25)32)20-7-10-22(11-8-20)34-21-4-2-1-3-5-21/h1-17H. The van der Waals surface area contributed by atoms with Crippen molar-refractivity contribution in [3.63, 3.8) is 0 Å². The van der Waals surface area contributed by atoms with Crippen molar-refractivity contribution in [2.45, 2.75) is 0 Å². The van der Waals surface area contributed by atoms with Gasteiger partial charge in [0, 0.05) is 11.1 Å². The Labute approximate surface area is 200 Å². The van der Waals surface area contributed by atoms with Gasteiger partial charge >= 0.3 is 0 Å². The maximum absolute atomic E-state index is 13.1. The maximum atomic E-state index is 13.1. The molecule has 2 amide bonds. The number of hydrogen-bond donors (Lipinski definition) is 0. The van der Waals surface area contributed by atoms with Crippen molar-refractivity contribution in [3.8, 4) is 23.0 Å². The predicted molar refractivity (Wildman–Crippen MR) is 128 cm³/mol. The summed E-state index contributed by atoms with van der Waals surface area (Å²) in [6, 6.07) is 25.0. The molecular weight excluding hydrogens is 446 g/mol. The van der Waals surface area contributed by atoms with E-state index in [1.165, 1.54) is 24.3 Å². The van der Waals surface area contributed by atoms with Crippen molar-refractivity contribution in [1.29, 1.82) is 0 Å². The lowest BCUT2D eigenvalue weighted by Gasteiger charge is -2.14. The Bertz CT molecular complexity index is 1460. The second kappa shape index (κ2) is 9.07. The first kappa shape index (κ1) is 21.8. The first-order valence-corrected chi connectivity index (χ1v) is 10.7. The number of carbonyl (C=O) groups excluding carboxylic acids is 4. The number of amides is 2. The fourth-order valence-corrected chi connectivity index (χ4v) is 3.77. The minimum atomic E-state index is -0.475. The molecule has 5 rings (SSSR count). The Hall–Kier alpha value is -5.04. The topological polar surface area (TPSA) is 90.0 Å². The van der Waals surface area contributed by atoms with Gasteiger partial charge in [-0.3, -0.25) is 19.2 Å². The van der Waals surface area contributed by atoms with Crippen molar-refractivity contribution in [1.82, 2.24) is 0 Å². The third-order valence-electron chi connectivity index (χ3n) is 5.48. The average Bonchev–Trinajstić information content (AvgIpc) is 3.14. The molecule has 7 nitrogen and oxygen atoms in total. The Morgan fingerprint density at radius 2 is 1.11 bits per heavy atom. The molecule has 7 heteroatoms. The molecule has 0 atom stereocenters. The number of aldehydes is 2. The summed E-state index contributed by atoms with van der Waals surface area (Å²) in [7, 11) is 0. The molecule has 170 valence electrons. The van der Waals surface area contributed by atoms with Crippen LogP contribution < -0.4 is 14.4 Å². The van der Waals surface area contributed by atoms with Crippen LogP contribution in [0.25, 0.3) is 0 Å². The molecule has 1 aliphatic heterocycles. The van der Waals surface area contributed by atoms with Crippen molar-refractivity contribution >= 4 is 30.1 Å². The van der Waals surface area contributed by atoms with E-state index in [0.29, 0.717) is 41.3 Å². The summed E-state index contributed by atoms with van der Waals surface area (Å²) in [5, 5.41) is 0. The molecule has 0 bridgehead atoms. The second-order valence-electron chi connectivity index (χ2n) is 7.69. The van der Waals surface area contributed by atoms with E-state index in [9.17, 15) is 19.2 Å². The van der Waals surface area contributed by atoms with Gasteiger partial charge in [-0.2, -0.15) is 0 Å². The summed E-state index contributed by atoms with van der Waals surface area (Å²) in [6.45, 7) is 0. The normalized spacial score (nSPS) is 12.3. The summed E-state index contributed by atoms with van der Waals surface area (Å²) >= 11 is 0. The molecule has 1 aliphatic rings. The third-order valence-corrected chi connectivity index (χ3v) is 5.48. The van der Waals surface area contributed by atoms with E-state index in [-0.39, 0.29) is 22.3 Å². The molecule has 0 saturated heterocycles. The van der Waals surface area contributed by atoms with Crippen LogP contribution in [-0.4, -0.2) is 24.4 Å². The number of carbonyl (C=O) groups is 4. The molecule has 0 N–H and O–H groups in total. The van der Waals surface area contributed by atoms with E-state index in [0.717, 1.165) is 4.90 Å². The molecule has 0 spiro atoms. The van der Waals surface area contributed by atoms with Crippen LogP contribution in [0.4, 0.5) is 5.69 Å². The van der Waals surface area contributed by atoms with Gasteiger partial charge in [-0.1, -0.05) is 18.2 Å². The first-order valence-electron chi connectivity index (χ1n) is 10.7. The van der Waals surface area contributed by atoms with Crippen LogP contribution in [0.3, 0.4) is 0 Å². The van der Waals surface area contributed by atoms with Crippen LogP contribution in [0, 0.1) is 0 Å². The summed E-state index contributed by atoms with van der Waals surface area (Å²) in [5.74, 6) is 0.968. The number of fused-ring (bicyclic) bond motifs is 1. The molecular formula is C28H17NO6. The molecule has 0 aliphatic carbocycles. The maximum Gasteiger partial charge on any atom is 0.266 e. The summed E-state index contributed by atoms with van der Waals surface area (Å²) < 4.78 is 11.5. The summed E-state index contributed by atoms with van der Waals surface area (Å²) in [6.07, 6.45) is 1.15. The largest absolute Gasteiger partial charge is 0.457 e. The number of rotatable bonds is 7. The molecule has 0 aromatic heterocycles. The van der Waals surface area contributed by atoms with E-state index < -0.39 is 11.8 Å². The van der Waals surface area contributed by atoms with Gasteiger partial charge in [0.25, 0.3) is 11.8 Å². The fourth-order valence-electron chi connectivity index (χ4n) is 3.77. The number of hydrogen-bond acceptors (Lipinski definition) is 6. The van der Waals surface area contributed by atoms with Gasteiger partial charge in [0.1, 0.15) is 23.0 Å². The number of para-hydroxylation sites is 1. The highest BCUT2D eigenvalue weighted by atomic mass is 16.5. The predicted octanol–water partition coefficient (Wildman–Crippen LogP) is 5.70. The summed E-state index contributed by atoms with van der Waals surface area (Å²) in [5.41, 5.74) is 1.32. The number of ether oxygens (including phenoxy) is 2. The zero-order chi connectivity index (χ0) is 24.4. The quantitative estimate of drug-likeness (QED) is 0.258. The van der Waals surface area contributed by atoms with Crippen LogP contribution in [0.1, 0.15) is 41.4 Å². The Kier molecular flexibility index (Phi) is 5.65. The van der Waals surface area contributed by atoms with Crippen molar-refractivity contribution in [2.75, 3.05) is 4.90 Å². The molecule has 1 heterocycles. The van der Waals surface area contributed by atoms with E-state index in [1.807, 2.05) is 30.3 Å². The third kappa shape index (κ3) is 4.18. The van der Waals surface area contributed by atoms with E-state index in [4.69, 9.17) is 9.47 Å². The lowest BCUT2D eigenvalue weighted by atomic mass is 10.1. The van der Waals surface area contributed by atoms with Gasteiger partial charge in [0.05, 0.1) is 16.8 Å². The molecule has 4 aromatic carbocycles. The van der Waals surface area contributed by atoms with Crippen molar-refractivity contribution < 1.29 is 28.7 Å². The van der Waals surface area contributed by atoms with Gasteiger partial charge in [-0.05, 0) is 72.8 Å². The Balaban J connectivity index is 1.37. The SMILES string of the molecule is O=Cc1ccc(Oc2ccc3c(c2)C(=O)N(c2ccc(Oc4ccccc4)cc2)C3=O)cc1C=O. The number of anilines is 1. The second-order valence-corrected chi connectivity index (χ2v) is 7.69. The van der Waals surface area contributed by atoms with Crippen molar-refractivity contribution in [3.05, 3.63) is 113 Å². The highest BCUT2D eigenvalue weighted by Gasteiger charge is 2.37. The Morgan fingerprint density at radius 3 is 1.83 bits per heavy atom. The minimum Gasteiger partial charge on any atom is -0.457 e. The zero-order valence-electron chi connectivity index (χ0n) is 18.2. The van der Waals surface area contributed by atoms with Crippen LogP contribution in [0.2, 0.25) is 0 Å². The van der Waals surface area contributed by atoms with Crippen LogP contribution in [-0.2, 0) is 0 Å². The van der Waals surface area contributed by atoms with E-state index >= 15 is 0 Å². The van der Waals surface area contributed by atoms with Crippen molar-refractivity contribution in [2.24, 2.45) is 0 Å². The highest BCUT2D eigenvalue weighted by molar-refractivity contribution is 6.34. The average molecular weight is 463 g/mol. The van der Waals surface area contributed by atoms with Crippen LogP contribution >= 0.6 is 0 Å². The lowest BCUT2D eigenvalue weighted by molar-refractivity contribution is 0.0925. The summed E-state index contributed by atoms with van der Waals surface area (Å²) in [4.78, 5) is 49.4. The number of imide groups is 1. The van der Waals surface area contributed by atoms with Gasteiger partial charge in [-0.15, -0.1) is 0 Å². The molecule has 0 unspecified atom stereocenters. The smallest absolute Gasteiger partial charge is 0.266 e. The molecule has 4 aromatic rings. The van der Waals surface area contributed by atoms with E-state index in [1.54, 1.807) is 36.4 Å². The van der Waals surface area contributed by atoms with Gasteiger partial charge in [0.2, 0.25) is 0 Å². The molecule has 0 fully saturated rings. The fraction of sp³-hybridized carbons (Fsp3) is 0. The van der Waals surface area contributed by atoms with Gasteiger partial charge in [0.15, 0.2) is 12.6 Å². The molecule has 0 saturated carbocycles. The zero-order valence-corrected chi connectivity index (χ0v) is 18.2. The minimum absolute atomic E-state index is 0.191.